The number of aromatic nitrogens is 2. The van der Waals surface area contributed by atoms with Gasteiger partial charge in [0.15, 0.2) is 5.43 Å². The third-order valence-corrected chi connectivity index (χ3v) is 3.79. The van der Waals surface area contributed by atoms with Gasteiger partial charge >= 0.3 is 0 Å². The van der Waals surface area contributed by atoms with Crippen molar-refractivity contribution in [1.29, 1.82) is 0 Å². The maximum atomic E-state index is 11.9. The maximum Gasteiger partial charge on any atom is 0.257 e. The lowest BCUT2D eigenvalue weighted by molar-refractivity contribution is 0.0949. The van der Waals surface area contributed by atoms with Gasteiger partial charge in [0.25, 0.3) is 5.91 Å². The molecule has 0 unspecified atom stereocenters. The van der Waals surface area contributed by atoms with Crippen molar-refractivity contribution in [2.75, 3.05) is 0 Å². The lowest BCUT2D eigenvalue weighted by Gasteiger charge is -2.02. The molecule has 0 saturated carbocycles. The fourth-order valence-corrected chi connectivity index (χ4v) is 2.40. The van der Waals surface area contributed by atoms with Gasteiger partial charge in [0.2, 0.25) is 0 Å². The molecule has 19 heavy (non-hydrogen) atoms. The summed E-state index contributed by atoms with van der Waals surface area (Å²) in [4.78, 5) is 31.8. The van der Waals surface area contributed by atoms with Gasteiger partial charge in [0.05, 0.1) is 6.54 Å². The molecule has 6 heteroatoms. The fourth-order valence-electron chi connectivity index (χ4n) is 1.59. The highest BCUT2D eigenvalue weighted by Gasteiger charge is 2.10. The molecule has 0 spiro atoms. The number of nitrogens with one attached hydrogen (secondary N) is 2. The molecule has 2 heterocycles. The molecule has 0 aliphatic carbocycles. The SMILES string of the molecule is CCc1cnc(CNC(=O)c2c[nH]c(C)cc2=O)s1. The lowest BCUT2D eigenvalue weighted by Crippen LogP contribution is -2.28. The van der Waals surface area contributed by atoms with E-state index in [2.05, 4.69) is 22.2 Å². The molecule has 1 amide bonds. The summed E-state index contributed by atoms with van der Waals surface area (Å²) in [6.45, 7) is 4.17. The molecule has 0 atom stereocenters. The molecule has 0 saturated heterocycles. The van der Waals surface area contributed by atoms with Gasteiger partial charge < -0.3 is 10.3 Å². The van der Waals surface area contributed by atoms with Crippen LogP contribution in [-0.4, -0.2) is 15.9 Å². The van der Waals surface area contributed by atoms with Gasteiger partial charge in [-0.1, -0.05) is 6.92 Å². The van der Waals surface area contributed by atoms with Crippen LogP contribution in [-0.2, 0) is 13.0 Å². The highest BCUT2D eigenvalue weighted by molar-refractivity contribution is 7.11. The molecular weight excluding hydrogens is 262 g/mol. The minimum atomic E-state index is -0.380. The second kappa shape index (κ2) is 5.79. The van der Waals surface area contributed by atoms with E-state index in [1.165, 1.54) is 17.1 Å². The summed E-state index contributed by atoms with van der Waals surface area (Å²) in [5, 5.41) is 3.54. The van der Waals surface area contributed by atoms with Gasteiger partial charge in [-0.25, -0.2) is 4.98 Å². The van der Waals surface area contributed by atoms with Crippen LogP contribution < -0.4 is 10.7 Å². The Kier molecular flexibility index (Phi) is 4.11. The summed E-state index contributed by atoms with van der Waals surface area (Å²) in [7, 11) is 0. The van der Waals surface area contributed by atoms with E-state index in [1.807, 2.05) is 6.20 Å². The van der Waals surface area contributed by atoms with E-state index in [-0.39, 0.29) is 16.9 Å². The lowest BCUT2D eigenvalue weighted by atomic mass is 10.2. The molecule has 5 nitrogen and oxygen atoms in total. The first-order chi connectivity index (χ1) is 9.10. The van der Waals surface area contributed by atoms with Gasteiger partial charge in [-0.2, -0.15) is 0 Å². The van der Waals surface area contributed by atoms with E-state index in [1.54, 1.807) is 18.3 Å². The third kappa shape index (κ3) is 3.29. The van der Waals surface area contributed by atoms with Crippen molar-refractivity contribution in [2.24, 2.45) is 0 Å². The Hall–Kier alpha value is -1.95. The number of hydrogen-bond donors (Lipinski definition) is 2. The van der Waals surface area contributed by atoms with Crippen molar-refractivity contribution in [3.8, 4) is 0 Å². The molecule has 0 radical (unpaired) electrons. The van der Waals surface area contributed by atoms with Gasteiger partial charge in [-0.05, 0) is 13.3 Å². The maximum absolute atomic E-state index is 11.9. The average molecular weight is 277 g/mol. The summed E-state index contributed by atoms with van der Waals surface area (Å²) in [5.74, 6) is -0.380. The van der Waals surface area contributed by atoms with Crippen LogP contribution in [0.1, 0.15) is 32.9 Å². The van der Waals surface area contributed by atoms with Crippen molar-refractivity contribution in [3.05, 3.63) is 49.8 Å². The Morgan fingerprint density at radius 3 is 2.95 bits per heavy atom. The Bertz CT molecular complexity index is 645. The zero-order valence-electron chi connectivity index (χ0n) is 10.8. The van der Waals surface area contributed by atoms with Gasteiger partial charge in [-0.3, -0.25) is 9.59 Å². The average Bonchev–Trinajstić information content (AvgIpc) is 2.84. The molecule has 0 aliphatic rings. The minimum Gasteiger partial charge on any atom is -0.364 e. The van der Waals surface area contributed by atoms with Crippen LogP contribution >= 0.6 is 11.3 Å². The first-order valence-corrected chi connectivity index (χ1v) is 6.83. The van der Waals surface area contributed by atoms with Crippen LogP contribution in [0.4, 0.5) is 0 Å². The molecule has 2 rings (SSSR count). The van der Waals surface area contributed by atoms with Crippen LogP contribution in [0.15, 0.2) is 23.3 Å². The van der Waals surface area contributed by atoms with E-state index >= 15 is 0 Å². The molecule has 0 aliphatic heterocycles. The minimum absolute atomic E-state index is 0.123. The zero-order valence-corrected chi connectivity index (χ0v) is 11.6. The molecule has 2 aromatic rings. The van der Waals surface area contributed by atoms with Crippen LogP contribution in [0.5, 0.6) is 0 Å². The number of carbonyl (C=O) groups is 1. The molecule has 2 aromatic heterocycles. The number of rotatable bonds is 4. The quantitative estimate of drug-likeness (QED) is 0.892. The first-order valence-electron chi connectivity index (χ1n) is 6.01. The van der Waals surface area contributed by atoms with Gasteiger partial charge in [-0.15, -0.1) is 11.3 Å². The Morgan fingerprint density at radius 1 is 1.53 bits per heavy atom. The zero-order chi connectivity index (χ0) is 13.8. The van der Waals surface area contributed by atoms with E-state index in [0.717, 1.165) is 17.1 Å². The number of nitrogens with zero attached hydrogens (tertiary/aromatic N) is 1. The predicted molar refractivity (Wildman–Crippen MR) is 74.5 cm³/mol. The third-order valence-electron chi connectivity index (χ3n) is 2.65. The number of aromatic amines is 1. The first kappa shape index (κ1) is 13.5. The van der Waals surface area contributed by atoms with Crippen LogP contribution in [0.3, 0.4) is 0 Å². The summed E-state index contributed by atoms with van der Waals surface area (Å²) < 4.78 is 0. The monoisotopic (exact) mass is 277 g/mol. The number of H-pyrrole nitrogens is 1. The van der Waals surface area contributed by atoms with Gasteiger partial charge in [0, 0.05) is 29.0 Å². The van der Waals surface area contributed by atoms with Gasteiger partial charge in [0.1, 0.15) is 10.6 Å². The normalized spacial score (nSPS) is 10.4. The number of aryl methyl sites for hydroxylation is 2. The van der Waals surface area contributed by atoms with Crippen molar-refractivity contribution in [2.45, 2.75) is 26.8 Å². The van der Waals surface area contributed by atoms with Crippen LogP contribution in [0, 0.1) is 6.92 Å². The second-order valence-corrected chi connectivity index (χ2v) is 5.35. The summed E-state index contributed by atoms with van der Waals surface area (Å²) in [6.07, 6.45) is 4.18. The van der Waals surface area contributed by atoms with Crippen molar-refractivity contribution in [3.63, 3.8) is 0 Å². The molecule has 0 aromatic carbocycles. The van der Waals surface area contributed by atoms with E-state index in [0.29, 0.717) is 6.54 Å². The summed E-state index contributed by atoms with van der Waals surface area (Å²) in [6, 6.07) is 1.41. The smallest absolute Gasteiger partial charge is 0.257 e. The fraction of sp³-hybridized carbons (Fsp3) is 0.308. The van der Waals surface area contributed by atoms with Crippen LogP contribution in [0.2, 0.25) is 0 Å². The van der Waals surface area contributed by atoms with Crippen molar-refractivity contribution in [1.82, 2.24) is 15.3 Å². The predicted octanol–water partition coefficient (Wildman–Crippen LogP) is 1.63. The number of hydrogen-bond acceptors (Lipinski definition) is 4. The summed E-state index contributed by atoms with van der Waals surface area (Å²) in [5.41, 5.74) is 0.578. The Balaban J connectivity index is 2.03. The summed E-state index contributed by atoms with van der Waals surface area (Å²) >= 11 is 1.56. The standard InChI is InChI=1S/C13H15N3O2S/c1-3-9-5-15-12(19-9)7-16-13(18)10-6-14-8(2)4-11(10)17/h4-6H,3,7H2,1-2H3,(H,14,17)(H,16,18). The molecular formula is C13H15N3O2S. The second-order valence-electron chi connectivity index (χ2n) is 4.15. The van der Waals surface area contributed by atoms with Crippen LogP contribution in [0.25, 0.3) is 0 Å². The molecule has 0 fully saturated rings. The van der Waals surface area contributed by atoms with E-state index in [9.17, 15) is 9.59 Å². The highest BCUT2D eigenvalue weighted by Crippen LogP contribution is 2.12. The number of thiazole rings is 1. The molecule has 2 N–H and O–H groups in total. The van der Waals surface area contributed by atoms with Crippen molar-refractivity contribution < 1.29 is 4.79 Å². The number of amides is 1. The molecule has 0 bridgehead atoms. The number of carbonyl (C=O) groups excluding carboxylic acids is 1. The highest BCUT2D eigenvalue weighted by atomic mass is 32.1. The molecule has 100 valence electrons. The Labute approximate surface area is 114 Å². The topological polar surface area (TPSA) is 74.8 Å². The number of pyridine rings is 1. The van der Waals surface area contributed by atoms with E-state index in [4.69, 9.17) is 0 Å². The van der Waals surface area contributed by atoms with Crippen molar-refractivity contribution >= 4 is 17.2 Å². The Morgan fingerprint density at radius 2 is 2.32 bits per heavy atom. The largest absolute Gasteiger partial charge is 0.364 e. The van der Waals surface area contributed by atoms with E-state index < -0.39 is 0 Å².